The maximum atomic E-state index is 12.2. The van der Waals surface area contributed by atoms with Crippen molar-refractivity contribution in [3.8, 4) is 5.75 Å². The molecule has 1 aliphatic rings. The molecule has 23 heavy (non-hydrogen) atoms. The molecule has 0 spiro atoms. The Bertz CT molecular complexity index is 771. The number of rotatable bonds is 3. The summed E-state index contributed by atoms with van der Waals surface area (Å²) in [6, 6.07) is 13.1. The lowest BCUT2D eigenvalue weighted by atomic mass is 9.87. The fourth-order valence-electron chi connectivity index (χ4n) is 3.08. The average molecular weight is 310 g/mol. The number of carbonyl (C=O) groups is 2. The van der Waals surface area contributed by atoms with Crippen LogP contribution in [-0.4, -0.2) is 25.0 Å². The second kappa shape index (κ2) is 5.76. The van der Waals surface area contributed by atoms with Crippen LogP contribution >= 0.6 is 0 Å². The van der Waals surface area contributed by atoms with Crippen molar-refractivity contribution in [3.05, 3.63) is 64.7 Å². The summed E-state index contributed by atoms with van der Waals surface area (Å²) in [5.41, 5.74) is 7.96. The minimum Gasteiger partial charge on any atom is -0.489 e. The van der Waals surface area contributed by atoms with Gasteiger partial charge in [-0.2, -0.15) is 0 Å². The molecule has 2 aromatic carbocycles. The van der Waals surface area contributed by atoms with E-state index in [4.69, 9.17) is 10.5 Å². The van der Waals surface area contributed by atoms with Crippen LogP contribution in [0.3, 0.4) is 0 Å². The van der Waals surface area contributed by atoms with Crippen molar-refractivity contribution in [1.82, 2.24) is 5.32 Å². The van der Waals surface area contributed by atoms with Gasteiger partial charge in [-0.3, -0.25) is 9.59 Å². The van der Waals surface area contributed by atoms with E-state index in [1.807, 2.05) is 37.3 Å². The molecule has 1 aliphatic heterocycles. The predicted molar refractivity (Wildman–Crippen MR) is 86.7 cm³/mol. The van der Waals surface area contributed by atoms with Gasteiger partial charge in [-0.05, 0) is 24.6 Å². The molecule has 5 nitrogen and oxygen atoms in total. The number of fused-ring (bicyclic) bond motifs is 1. The molecule has 3 N–H and O–H groups in total. The van der Waals surface area contributed by atoms with Gasteiger partial charge in [-0.15, -0.1) is 0 Å². The third-order valence-electron chi connectivity index (χ3n) is 4.14. The number of hydrogen-bond donors (Lipinski definition) is 2. The van der Waals surface area contributed by atoms with E-state index in [1.165, 1.54) is 6.07 Å². The first kappa shape index (κ1) is 15.1. The summed E-state index contributed by atoms with van der Waals surface area (Å²) in [5, 5.41) is 2.58. The number of hydrogen-bond acceptors (Lipinski definition) is 3. The van der Waals surface area contributed by atoms with Crippen LogP contribution in [0.25, 0.3) is 0 Å². The van der Waals surface area contributed by atoms with Gasteiger partial charge in [0, 0.05) is 24.1 Å². The van der Waals surface area contributed by atoms with Gasteiger partial charge in [0.1, 0.15) is 11.9 Å². The van der Waals surface area contributed by atoms with E-state index in [-0.39, 0.29) is 17.9 Å². The van der Waals surface area contributed by atoms with Gasteiger partial charge in [0.2, 0.25) is 5.91 Å². The molecule has 2 amide bonds. The van der Waals surface area contributed by atoms with E-state index in [1.54, 1.807) is 13.1 Å². The van der Waals surface area contributed by atoms with Crippen LogP contribution in [0.1, 0.15) is 44.7 Å². The monoisotopic (exact) mass is 310 g/mol. The SMILES string of the molecule is CNC(=O)c1cc(C(N)=O)cc2c1OC(C)[C@H]2c1ccccc1. The average Bonchev–Trinajstić information content (AvgIpc) is 2.89. The van der Waals surface area contributed by atoms with E-state index in [9.17, 15) is 9.59 Å². The molecule has 0 saturated heterocycles. The molecule has 2 aromatic rings. The van der Waals surface area contributed by atoms with E-state index < -0.39 is 5.91 Å². The first-order chi connectivity index (χ1) is 11.0. The first-order valence-electron chi connectivity index (χ1n) is 7.44. The highest BCUT2D eigenvalue weighted by molar-refractivity contribution is 6.02. The van der Waals surface area contributed by atoms with Crippen molar-refractivity contribution in [2.75, 3.05) is 7.05 Å². The van der Waals surface area contributed by atoms with Gasteiger partial charge < -0.3 is 15.8 Å². The number of ether oxygens (including phenoxy) is 1. The first-order valence-corrected chi connectivity index (χ1v) is 7.44. The summed E-state index contributed by atoms with van der Waals surface area (Å²) in [6.45, 7) is 1.95. The van der Waals surface area contributed by atoms with Crippen LogP contribution in [0, 0.1) is 0 Å². The fraction of sp³-hybridized carbons (Fsp3) is 0.222. The summed E-state index contributed by atoms with van der Waals surface area (Å²) < 4.78 is 5.95. The second-order valence-corrected chi connectivity index (χ2v) is 5.60. The van der Waals surface area contributed by atoms with Gasteiger partial charge in [0.05, 0.1) is 5.56 Å². The number of primary amides is 1. The van der Waals surface area contributed by atoms with Crippen LogP contribution in [0.2, 0.25) is 0 Å². The Labute approximate surface area is 134 Å². The summed E-state index contributed by atoms with van der Waals surface area (Å²) in [4.78, 5) is 23.8. The lowest BCUT2D eigenvalue weighted by Gasteiger charge is -2.15. The molecular formula is C18H18N2O3. The molecule has 1 heterocycles. The van der Waals surface area contributed by atoms with Gasteiger partial charge in [0.25, 0.3) is 5.91 Å². The zero-order chi connectivity index (χ0) is 16.6. The molecule has 0 aliphatic carbocycles. The molecule has 0 radical (unpaired) electrons. The maximum Gasteiger partial charge on any atom is 0.254 e. The maximum absolute atomic E-state index is 12.2. The van der Waals surface area contributed by atoms with Crippen molar-refractivity contribution >= 4 is 11.8 Å². The Morgan fingerprint density at radius 1 is 1.17 bits per heavy atom. The zero-order valence-corrected chi connectivity index (χ0v) is 13.0. The normalized spacial score (nSPS) is 18.9. The molecule has 0 fully saturated rings. The van der Waals surface area contributed by atoms with Gasteiger partial charge >= 0.3 is 0 Å². The minimum atomic E-state index is -0.565. The number of nitrogens with two attached hydrogens (primary N) is 1. The number of carbonyl (C=O) groups excluding carboxylic acids is 2. The molecular weight excluding hydrogens is 292 g/mol. The Morgan fingerprint density at radius 2 is 1.87 bits per heavy atom. The molecule has 3 rings (SSSR count). The number of benzene rings is 2. The van der Waals surface area contributed by atoms with Crippen molar-refractivity contribution < 1.29 is 14.3 Å². The highest BCUT2D eigenvalue weighted by Gasteiger charge is 2.36. The van der Waals surface area contributed by atoms with Crippen molar-refractivity contribution in [3.63, 3.8) is 0 Å². The van der Waals surface area contributed by atoms with Crippen molar-refractivity contribution in [2.24, 2.45) is 5.73 Å². The lowest BCUT2D eigenvalue weighted by molar-refractivity contribution is 0.0958. The predicted octanol–water partition coefficient (Wildman–Crippen LogP) is 2.06. The summed E-state index contributed by atoms with van der Waals surface area (Å²) in [5.74, 6) is -0.390. The summed E-state index contributed by atoms with van der Waals surface area (Å²) >= 11 is 0. The van der Waals surface area contributed by atoms with Crippen LogP contribution in [0.5, 0.6) is 5.75 Å². The Balaban J connectivity index is 2.21. The highest BCUT2D eigenvalue weighted by Crippen LogP contribution is 2.44. The van der Waals surface area contributed by atoms with E-state index in [0.717, 1.165) is 11.1 Å². The Hall–Kier alpha value is -2.82. The largest absolute Gasteiger partial charge is 0.489 e. The van der Waals surface area contributed by atoms with Gasteiger partial charge in [-0.25, -0.2) is 0 Å². The Kier molecular flexibility index (Phi) is 3.78. The standard InChI is InChI=1S/C18H18N2O3/c1-10-15(11-6-4-3-5-7-11)13-8-12(17(19)21)9-14(16(13)23-10)18(22)20-2/h3-10,15H,1-2H3,(H2,19,21)(H,20,22)/t10?,15-/m0/s1. The lowest BCUT2D eigenvalue weighted by Crippen LogP contribution is -2.20. The van der Waals surface area contributed by atoms with E-state index >= 15 is 0 Å². The highest BCUT2D eigenvalue weighted by atomic mass is 16.5. The number of nitrogens with one attached hydrogen (secondary N) is 1. The molecule has 0 saturated carbocycles. The summed E-state index contributed by atoms with van der Waals surface area (Å²) in [7, 11) is 1.54. The zero-order valence-electron chi connectivity index (χ0n) is 13.0. The van der Waals surface area contributed by atoms with Gasteiger partial charge in [-0.1, -0.05) is 30.3 Å². The minimum absolute atomic E-state index is 0.0473. The van der Waals surface area contributed by atoms with E-state index in [0.29, 0.717) is 16.9 Å². The molecule has 118 valence electrons. The number of amides is 2. The van der Waals surface area contributed by atoms with Crippen molar-refractivity contribution in [1.29, 1.82) is 0 Å². The molecule has 2 atom stereocenters. The fourth-order valence-corrected chi connectivity index (χ4v) is 3.08. The molecule has 0 aromatic heterocycles. The van der Waals surface area contributed by atoms with Crippen LogP contribution < -0.4 is 15.8 Å². The topological polar surface area (TPSA) is 81.4 Å². The van der Waals surface area contributed by atoms with Crippen LogP contribution in [0.15, 0.2) is 42.5 Å². The third kappa shape index (κ3) is 2.54. The molecule has 0 bridgehead atoms. The molecule has 5 heteroatoms. The summed E-state index contributed by atoms with van der Waals surface area (Å²) in [6.07, 6.45) is -0.140. The Morgan fingerprint density at radius 3 is 2.48 bits per heavy atom. The molecule has 1 unspecified atom stereocenters. The smallest absolute Gasteiger partial charge is 0.254 e. The van der Waals surface area contributed by atoms with Gasteiger partial charge in [0.15, 0.2) is 0 Å². The third-order valence-corrected chi connectivity index (χ3v) is 4.14. The van der Waals surface area contributed by atoms with E-state index in [2.05, 4.69) is 5.32 Å². The second-order valence-electron chi connectivity index (χ2n) is 5.60. The van der Waals surface area contributed by atoms with Crippen LogP contribution in [-0.2, 0) is 0 Å². The van der Waals surface area contributed by atoms with Crippen molar-refractivity contribution in [2.45, 2.75) is 18.9 Å². The van der Waals surface area contributed by atoms with Crippen LogP contribution in [0.4, 0.5) is 0 Å². The quantitative estimate of drug-likeness (QED) is 0.910.